The van der Waals surface area contributed by atoms with Crippen LogP contribution in [0.15, 0.2) is 24.3 Å². The quantitative estimate of drug-likeness (QED) is 0.612. The molecule has 116 valence electrons. The second-order valence-electron chi connectivity index (χ2n) is 5.09. The van der Waals surface area contributed by atoms with Gasteiger partial charge in [0.05, 0.1) is 13.2 Å². The van der Waals surface area contributed by atoms with Crippen molar-refractivity contribution in [1.29, 1.82) is 0 Å². The molecule has 3 atom stereocenters. The Bertz CT molecular complexity index is 511. The number of ether oxygens (including phenoxy) is 2. The average Bonchev–Trinajstić information content (AvgIpc) is 2.73. The van der Waals surface area contributed by atoms with E-state index in [2.05, 4.69) is 4.90 Å². The molecule has 21 heavy (non-hydrogen) atoms. The fraction of sp³-hybridized carbons (Fsp3) is 0.500. The second-order valence-corrected chi connectivity index (χ2v) is 5.09. The summed E-state index contributed by atoms with van der Waals surface area (Å²) >= 11 is 0. The molecule has 7 heteroatoms. The molecule has 0 aromatic heterocycles. The summed E-state index contributed by atoms with van der Waals surface area (Å²) < 4.78 is 24.4. The van der Waals surface area contributed by atoms with Crippen LogP contribution in [0.3, 0.4) is 0 Å². The van der Waals surface area contributed by atoms with Crippen molar-refractivity contribution < 1.29 is 40.9 Å². The number of anilines is 1. The van der Waals surface area contributed by atoms with E-state index in [9.17, 15) is 9.28 Å². The first-order chi connectivity index (χ1) is 9.68. The normalized spacial score (nSPS) is 29.0. The van der Waals surface area contributed by atoms with Crippen LogP contribution in [-0.4, -0.2) is 38.5 Å². The number of carbonyl (C=O) groups excluding carboxylic acids is 1. The zero-order chi connectivity index (χ0) is 14.1. The lowest BCUT2D eigenvalue weighted by molar-refractivity contribution is -0.987. The molecular formula is C14H18BrFN2O3. The number of para-hydroxylation sites is 1. The van der Waals surface area contributed by atoms with Gasteiger partial charge in [-0.3, -0.25) is 0 Å². The maximum absolute atomic E-state index is 14.1. The third kappa shape index (κ3) is 3.04. The lowest BCUT2D eigenvalue weighted by Crippen LogP contribution is -3.05. The largest absolute Gasteiger partial charge is 1.00 e. The standard InChI is InChI=1S/C14H17FN2O3.BrH/c1-10-13(17(15)14(18)20-10)11-4-2-3-5-12(11)16-6-8-19-9-7-16;/h2-5,10,13H,6-9H2,1H3;1H/t10-,13?;/m1./s1. The van der Waals surface area contributed by atoms with Crippen molar-refractivity contribution in [3.63, 3.8) is 0 Å². The van der Waals surface area contributed by atoms with E-state index in [-0.39, 0.29) is 17.0 Å². The zero-order valence-electron chi connectivity index (χ0n) is 11.7. The number of nitrogens with zero attached hydrogens (tertiary/aromatic N) is 1. The Balaban J connectivity index is 0.00000161. The van der Waals surface area contributed by atoms with Gasteiger partial charge in [0.25, 0.3) is 0 Å². The minimum absolute atomic E-state index is 0. The first-order valence-corrected chi connectivity index (χ1v) is 6.83. The van der Waals surface area contributed by atoms with Gasteiger partial charge in [0.2, 0.25) is 0 Å². The number of benzene rings is 1. The predicted octanol–water partition coefficient (Wildman–Crippen LogP) is -2.12. The Hall–Kier alpha value is -1.18. The number of hydrogen-bond acceptors (Lipinski definition) is 4. The smallest absolute Gasteiger partial charge is 0.554 e. The minimum atomic E-state index is -0.834. The molecule has 1 amide bonds. The summed E-state index contributed by atoms with van der Waals surface area (Å²) in [4.78, 5) is 13.6. The van der Waals surface area contributed by atoms with E-state index in [0.717, 1.165) is 24.3 Å². The first kappa shape index (κ1) is 16.2. The molecule has 1 aromatic carbocycles. The van der Waals surface area contributed by atoms with Crippen LogP contribution in [0.25, 0.3) is 0 Å². The number of carbonyl (C=O) groups is 1. The summed E-state index contributed by atoms with van der Waals surface area (Å²) in [5.74, 6) is 0. The van der Waals surface area contributed by atoms with Gasteiger partial charge in [-0.05, 0) is 18.1 Å². The SMILES string of the molecule is C[C@H]1OC(=O)[NH+](F)C1c1ccccc1N1CCOCC1.[Br-]. The van der Waals surface area contributed by atoms with Crippen LogP contribution in [0, 0.1) is 0 Å². The predicted molar refractivity (Wildman–Crippen MR) is 70.2 cm³/mol. The number of hydrogen-bond donors (Lipinski definition) is 1. The van der Waals surface area contributed by atoms with Crippen LogP contribution in [-0.2, 0) is 9.47 Å². The number of morpholine rings is 1. The van der Waals surface area contributed by atoms with Gasteiger partial charge in [-0.1, -0.05) is 18.2 Å². The number of nitrogens with one attached hydrogen (secondary N) is 1. The molecule has 2 heterocycles. The van der Waals surface area contributed by atoms with Gasteiger partial charge >= 0.3 is 6.09 Å². The number of rotatable bonds is 2. The van der Waals surface area contributed by atoms with E-state index in [0.29, 0.717) is 13.2 Å². The lowest BCUT2D eigenvalue weighted by Gasteiger charge is -2.31. The van der Waals surface area contributed by atoms with Crippen molar-refractivity contribution in [3.8, 4) is 0 Å². The lowest BCUT2D eigenvalue weighted by atomic mass is 10.00. The monoisotopic (exact) mass is 360 g/mol. The highest BCUT2D eigenvalue weighted by molar-refractivity contribution is 5.61. The third-order valence-electron chi connectivity index (χ3n) is 3.85. The van der Waals surface area contributed by atoms with Crippen molar-refractivity contribution in [3.05, 3.63) is 29.8 Å². The van der Waals surface area contributed by atoms with Crippen molar-refractivity contribution >= 4 is 11.8 Å². The maximum Gasteiger partial charge on any atom is 0.554 e. The van der Waals surface area contributed by atoms with Gasteiger partial charge in [-0.15, -0.1) is 0 Å². The summed E-state index contributed by atoms with van der Waals surface area (Å²) in [6, 6.07) is 7.01. The highest BCUT2D eigenvalue weighted by Crippen LogP contribution is 2.30. The Morgan fingerprint density at radius 1 is 1.29 bits per heavy atom. The van der Waals surface area contributed by atoms with Crippen LogP contribution in [0.5, 0.6) is 0 Å². The van der Waals surface area contributed by atoms with Crippen molar-refractivity contribution in [2.24, 2.45) is 0 Å². The molecule has 2 unspecified atom stereocenters. The number of cyclic esters (lactones) is 1. The zero-order valence-corrected chi connectivity index (χ0v) is 13.3. The molecule has 0 spiro atoms. The molecule has 2 aliphatic heterocycles. The minimum Gasteiger partial charge on any atom is -1.00 e. The molecule has 5 nitrogen and oxygen atoms in total. The molecule has 0 bridgehead atoms. The van der Waals surface area contributed by atoms with E-state index in [1.54, 1.807) is 6.92 Å². The summed E-state index contributed by atoms with van der Waals surface area (Å²) in [7, 11) is 0. The Morgan fingerprint density at radius 2 is 1.95 bits per heavy atom. The number of amides is 1. The Kier molecular flexibility index (Phi) is 5.18. The van der Waals surface area contributed by atoms with E-state index in [4.69, 9.17) is 9.47 Å². The topological polar surface area (TPSA) is 43.2 Å². The van der Waals surface area contributed by atoms with E-state index in [1.165, 1.54) is 0 Å². The summed E-state index contributed by atoms with van der Waals surface area (Å²) in [5, 5.41) is -0.696. The van der Waals surface area contributed by atoms with Gasteiger partial charge in [-0.2, -0.15) is 4.79 Å². The average molecular weight is 361 g/mol. The summed E-state index contributed by atoms with van der Waals surface area (Å²) in [5.41, 5.74) is 1.77. The molecular weight excluding hydrogens is 343 g/mol. The molecule has 0 radical (unpaired) electrons. The number of halogens is 2. The fourth-order valence-corrected chi connectivity index (χ4v) is 2.86. The molecule has 0 aliphatic carbocycles. The van der Waals surface area contributed by atoms with Gasteiger partial charge in [0.1, 0.15) is 0 Å². The van der Waals surface area contributed by atoms with E-state index in [1.807, 2.05) is 24.3 Å². The maximum atomic E-state index is 14.1. The second kappa shape index (κ2) is 6.72. The van der Waals surface area contributed by atoms with Gasteiger partial charge < -0.3 is 31.4 Å². The number of quaternary nitrogens is 1. The number of alkyl carbamates (subject to hydrolysis) is 1. The Morgan fingerprint density at radius 3 is 2.57 bits per heavy atom. The summed E-state index contributed by atoms with van der Waals surface area (Å²) in [6.45, 7) is 4.60. The molecule has 3 rings (SSSR count). The summed E-state index contributed by atoms with van der Waals surface area (Å²) in [6.07, 6.45) is -1.30. The van der Waals surface area contributed by atoms with Gasteiger partial charge in [0.15, 0.2) is 12.1 Å². The molecule has 2 aliphatic rings. The highest BCUT2D eigenvalue weighted by atomic mass is 79.9. The molecule has 2 fully saturated rings. The van der Waals surface area contributed by atoms with Crippen molar-refractivity contribution in [2.45, 2.75) is 19.1 Å². The van der Waals surface area contributed by atoms with Crippen LogP contribution in [0.4, 0.5) is 15.0 Å². The van der Waals surface area contributed by atoms with Gasteiger partial charge in [0, 0.05) is 28.8 Å². The molecule has 1 aromatic rings. The molecule has 1 N–H and O–H groups in total. The van der Waals surface area contributed by atoms with E-state index >= 15 is 0 Å². The van der Waals surface area contributed by atoms with Crippen molar-refractivity contribution in [1.82, 2.24) is 0 Å². The fourth-order valence-electron chi connectivity index (χ4n) is 2.86. The van der Waals surface area contributed by atoms with Crippen LogP contribution in [0.2, 0.25) is 0 Å². The van der Waals surface area contributed by atoms with Crippen LogP contribution in [0.1, 0.15) is 18.5 Å². The van der Waals surface area contributed by atoms with Crippen LogP contribution < -0.4 is 27.0 Å². The van der Waals surface area contributed by atoms with E-state index < -0.39 is 23.4 Å². The highest BCUT2D eigenvalue weighted by Gasteiger charge is 2.49. The van der Waals surface area contributed by atoms with Crippen LogP contribution >= 0.6 is 0 Å². The molecule has 2 saturated heterocycles. The third-order valence-corrected chi connectivity index (χ3v) is 3.85. The van der Waals surface area contributed by atoms with Gasteiger partial charge in [-0.25, -0.2) is 0 Å². The Labute approximate surface area is 133 Å². The molecule has 0 saturated carbocycles. The van der Waals surface area contributed by atoms with Crippen molar-refractivity contribution in [2.75, 3.05) is 31.2 Å². The first-order valence-electron chi connectivity index (χ1n) is 6.83.